The SMILES string of the molecule is CCOCCCN1C(=O)/C(=C/c2c(N3CCN(c4ccc(OC)cc4)CC3)nc3c(C)cccn3c2=O)SC1=S. The van der Waals surface area contributed by atoms with Crippen LogP contribution in [0.3, 0.4) is 0 Å². The van der Waals surface area contributed by atoms with Gasteiger partial charge in [-0.3, -0.25) is 18.9 Å². The first-order chi connectivity index (χ1) is 19.4. The maximum Gasteiger partial charge on any atom is 0.267 e. The Morgan fingerprint density at radius 2 is 1.80 bits per heavy atom. The molecule has 0 spiro atoms. The van der Waals surface area contributed by atoms with Crippen molar-refractivity contribution in [2.45, 2.75) is 20.3 Å². The van der Waals surface area contributed by atoms with E-state index >= 15 is 0 Å². The van der Waals surface area contributed by atoms with Crippen LogP contribution in [0.4, 0.5) is 11.5 Å². The molecule has 0 aliphatic carbocycles. The molecule has 2 aromatic heterocycles. The zero-order valence-electron chi connectivity index (χ0n) is 23.0. The molecule has 11 heteroatoms. The summed E-state index contributed by atoms with van der Waals surface area (Å²) in [5.74, 6) is 1.23. The van der Waals surface area contributed by atoms with Crippen LogP contribution in [0.15, 0.2) is 52.3 Å². The number of hydrogen-bond donors (Lipinski definition) is 0. The average molecular weight is 580 g/mol. The van der Waals surface area contributed by atoms with E-state index in [-0.39, 0.29) is 11.5 Å². The number of pyridine rings is 1. The van der Waals surface area contributed by atoms with E-state index < -0.39 is 0 Å². The average Bonchev–Trinajstić information content (AvgIpc) is 3.24. The van der Waals surface area contributed by atoms with Gasteiger partial charge in [0, 0.05) is 57.8 Å². The first-order valence-corrected chi connectivity index (χ1v) is 14.6. The summed E-state index contributed by atoms with van der Waals surface area (Å²) in [6.07, 6.45) is 4.09. The Morgan fingerprint density at radius 3 is 2.50 bits per heavy atom. The smallest absolute Gasteiger partial charge is 0.267 e. The number of carbonyl (C=O) groups is 1. The summed E-state index contributed by atoms with van der Waals surface area (Å²) in [6.45, 7) is 8.46. The van der Waals surface area contributed by atoms with Crippen molar-refractivity contribution in [2.24, 2.45) is 0 Å². The minimum absolute atomic E-state index is 0.185. The molecule has 9 nitrogen and oxygen atoms in total. The molecule has 5 rings (SSSR count). The van der Waals surface area contributed by atoms with Gasteiger partial charge in [-0.2, -0.15) is 0 Å². The Labute approximate surface area is 243 Å². The molecule has 1 amide bonds. The lowest BCUT2D eigenvalue weighted by Crippen LogP contribution is -2.47. The molecule has 0 radical (unpaired) electrons. The highest BCUT2D eigenvalue weighted by Gasteiger charge is 2.33. The van der Waals surface area contributed by atoms with Crippen molar-refractivity contribution in [1.82, 2.24) is 14.3 Å². The van der Waals surface area contributed by atoms with Crippen molar-refractivity contribution in [1.29, 1.82) is 0 Å². The maximum absolute atomic E-state index is 13.8. The number of aromatic nitrogens is 2. The van der Waals surface area contributed by atoms with Crippen molar-refractivity contribution in [3.63, 3.8) is 0 Å². The van der Waals surface area contributed by atoms with Gasteiger partial charge in [0.2, 0.25) is 0 Å². The fraction of sp³-hybridized carbons (Fsp3) is 0.379. The number of nitrogens with zero attached hydrogens (tertiary/aromatic N) is 5. The number of carbonyl (C=O) groups excluding carboxylic acids is 1. The van der Waals surface area contributed by atoms with Crippen LogP contribution in [0.25, 0.3) is 11.7 Å². The van der Waals surface area contributed by atoms with Crippen LogP contribution in [0, 0.1) is 6.92 Å². The summed E-state index contributed by atoms with van der Waals surface area (Å²) >= 11 is 6.74. The number of thiocarbonyl (C=S) groups is 1. The Kier molecular flexibility index (Phi) is 8.72. The number of ether oxygens (including phenoxy) is 2. The van der Waals surface area contributed by atoms with Crippen LogP contribution in [0.5, 0.6) is 5.75 Å². The van der Waals surface area contributed by atoms with E-state index in [9.17, 15) is 9.59 Å². The Hall–Kier alpha value is -3.41. The number of amides is 1. The second-order valence-electron chi connectivity index (χ2n) is 9.59. The Morgan fingerprint density at radius 1 is 1.07 bits per heavy atom. The van der Waals surface area contributed by atoms with Crippen LogP contribution in [0.2, 0.25) is 0 Å². The van der Waals surface area contributed by atoms with Gasteiger partial charge in [0.05, 0.1) is 17.6 Å². The summed E-state index contributed by atoms with van der Waals surface area (Å²) in [7, 11) is 1.66. The number of piperazine rings is 1. The first-order valence-electron chi connectivity index (χ1n) is 13.4. The molecule has 0 unspecified atom stereocenters. The molecule has 2 fully saturated rings. The van der Waals surface area contributed by atoms with Crippen molar-refractivity contribution in [3.05, 3.63) is 69.0 Å². The topological polar surface area (TPSA) is 79.6 Å². The predicted octanol–water partition coefficient (Wildman–Crippen LogP) is 3.97. The van der Waals surface area contributed by atoms with Crippen molar-refractivity contribution >= 4 is 57.4 Å². The van der Waals surface area contributed by atoms with E-state index in [1.165, 1.54) is 11.8 Å². The molecule has 0 saturated carbocycles. The third kappa shape index (κ3) is 5.72. The number of benzene rings is 1. The number of fused-ring (bicyclic) bond motifs is 1. The molecule has 1 aromatic carbocycles. The van der Waals surface area contributed by atoms with Gasteiger partial charge in [-0.05, 0) is 62.2 Å². The molecular formula is C29H33N5O4S2. The van der Waals surface area contributed by atoms with Crippen LogP contribution in [-0.2, 0) is 9.53 Å². The first kappa shape index (κ1) is 28.1. The largest absolute Gasteiger partial charge is 0.497 e. The van der Waals surface area contributed by atoms with Gasteiger partial charge in [0.25, 0.3) is 11.5 Å². The zero-order valence-corrected chi connectivity index (χ0v) is 24.6. The van der Waals surface area contributed by atoms with Crippen LogP contribution >= 0.6 is 24.0 Å². The lowest BCUT2D eigenvalue weighted by molar-refractivity contribution is -0.122. The van der Waals surface area contributed by atoms with Crippen molar-refractivity contribution < 1.29 is 14.3 Å². The highest BCUT2D eigenvalue weighted by Crippen LogP contribution is 2.34. The summed E-state index contributed by atoms with van der Waals surface area (Å²) in [4.78, 5) is 38.6. The molecule has 4 heterocycles. The highest BCUT2D eigenvalue weighted by molar-refractivity contribution is 8.26. The second kappa shape index (κ2) is 12.4. The maximum atomic E-state index is 13.8. The molecule has 40 heavy (non-hydrogen) atoms. The predicted molar refractivity (Wildman–Crippen MR) is 165 cm³/mol. The van der Waals surface area contributed by atoms with Gasteiger partial charge in [-0.15, -0.1) is 0 Å². The molecule has 0 atom stereocenters. The van der Waals surface area contributed by atoms with Gasteiger partial charge >= 0.3 is 0 Å². The third-order valence-corrected chi connectivity index (χ3v) is 8.48. The van der Waals surface area contributed by atoms with Crippen molar-refractivity contribution in [3.8, 4) is 5.75 Å². The standard InChI is InChI=1S/C29H33N5O4S2/c1-4-38-18-6-13-34-28(36)24(40-29(34)39)19-23-26(30-25-20(2)7-5-12-33(25)27(23)35)32-16-14-31(15-17-32)21-8-10-22(37-3)11-9-21/h5,7-12,19H,4,6,13-18H2,1-3H3/b24-19-. The fourth-order valence-electron chi connectivity index (χ4n) is 4.93. The van der Waals surface area contributed by atoms with Crippen LogP contribution in [-0.4, -0.2) is 77.6 Å². The van der Waals surface area contributed by atoms with Gasteiger partial charge < -0.3 is 19.3 Å². The number of thioether (sulfide) groups is 1. The lowest BCUT2D eigenvalue weighted by Gasteiger charge is -2.37. The minimum atomic E-state index is -0.206. The molecule has 2 saturated heterocycles. The third-order valence-electron chi connectivity index (χ3n) is 7.10. The van der Waals surface area contributed by atoms with E-state index in [1.807, 2.05) is 38.1 Å². The minimum Gasteiger partial charge on any atom is -0.497 e. The number of methoxy groups -OCH3 is 1. The number of hydrogen-bond acceptors (Lipinski definition) is 9. The summed E-state index contributed by atoms with van der Waals surface area (Å²) in [6, 6.07) is 11.8. The molecule has 210 valence electrons. The quantitative estimate of drug-likeness (QED) is 0.213. The summed E-state index contributed by atoms with van der Waals surface area (Å²) in [5.41, 5.74) is 2.83. The van der Waals surface area contributed by atoms with E-state index in [4.69, 9.17) is 26.7 Å². The van der Waals surface area contributed by atoms with E-state index in [0.29, 0.717) is 65.5 Å². The second-order valence-corrected chi connectivity index (χ2v) is 11.3. The molecule has 3 aromatic rings. The highest BCUT2D eigenvalue weighted by atomic mass is 32.2. The Bertz CT molecular complexity index is 1500. The fourth-order valence-corrected chi connectivity index (χ4v) is 6.22. The monoisotopic (exact) mass is 579 g/mol. The van der Waals surface area contributed by atoms with Gasteiger partial charge in [0.1, 0.15) is 21.5 Å². The van der Waals surface area contributed by atoms with E-state index in [2.05, 4.69) is 21.9 Å². The van der Waals surface area contributed by atoms with Crippen LogP contribution in [0.1, 0.15) is 24.5 Å². The van der Waals surface area contributed by atoms with E-state index in [0.717, 1.165) is 30.1 Å². The van der Waals surface area contributed by atoms with Gasteiger partial charge in [-0.1, -0.05) is 30.0 Å². The van der Waals surface area contributed by atoms with Gasteiger partial charge in [-0.25, -0.2) is 4.98 Å². The van der Waals surface area contributed by atoms with Crippen LogP contribution < -0.4 is 20.1 Å². The normalized spacial score (nSPS) is 17.0. The number of aryl methyl sites for hydroxylation is 1. The lowest BCUT2D eigenvalue weighted by atomic mass is 10.2. The number of rotatable bonds is 9. The molecule has 2 aliphatic heterocycles. The molecule has 2 aliphatic rings. The summed E-state index contributed by atoms with van der Waals surface area (Å²) < 4.78 is 12.8. The van der Waals surface area contributed by atoms with E-state index in [1.54, 1.807) is 28.7 Å². The molecular weight excluding hydrogens is 546 g/mol. The number of anilines is 2. The zero-order chi connectivity index (χ0) is 28.2. The Balaban J connectivity index is 1.45. The molecule has 0 N–H and O–H groups in total. The van der Waals surface area contributed by atoms with Crippen molar-refractivity contribution in [2.75, 3.05) is 62.8 Å². The molecule has 0 bridgehead atoms. The summed E-state index contributed by atoms with van der Waals surface area (Å²) in [5, 5.41) is 0. The van der Waals surface area contributed by atoms with Gasteiger partial charge in [0.15, 0.2) is 0 Å².